The van der Waals surface area contributed by atoms with E-state index >= 15 is 0 Å². The molecule has 10 heteroatoms. The smallest absolute Gasteiger partial charge is 0.250 e. The topological polar surface area (TPSA) is 130 Å². The van der Waals surface area contributed by atoms with Crippen LogP contribution in [0.1, 0.15) is 47.2 Å². The normalized spacial score (nSPS) is 15.6. The van der Waals surface area contributed by atoms with Gasteiger partial charge in [-0.3, -0.25) is 9.78 Å². The first-order valence-corrected chi connectivity index (χ1v) is 13.5. The third-order valence-electron chi connectivity index (χ3n) is 6.68. The summed E-state index contributed by atoms with van der Waals surface area (Å²) in [5, 5.41) is 4.26. The minimum absolute atomic E-state index is 0.116. The number of nitrogens with two attached hydrogens (primary N) is 1. The van der Waals surface area contributed by atoms with E-state index in [4.69, 9.17) is 10.5 Å². The third-order valence-corrected chi connectivity index (χ3v) is 8.56. The van der Waals surface area contributed by atoms with Crippen molar-refractivity contribution in [1.82, 2.24) is 19.6 Å². The molecule has 4 rings (SSSR count). The molecule has 1 amide bonds. The van der Waals surface area contributed by atoms with E-state index in [-0.39, 0.29) is 11.7 Å². The maximum atomic E-state index is 12.3. The number of hydrogen-bond donors (Lipinski definition) is 3. The van der Waals surface area contributed by atoms with Gasteiger partial charge in [-0.05, 0) is 60.6 Å². The van der Waals surface area contributed by atoms with Crippen LogP contribution in [-0.2, 0) is 21.3 Å². The van der Waals surface area contributed by atoms with Crippen LogP contribution >= 0.6 is 0 Å². The van der Waals surface area contributed by atoms with Gasteiger partial charge in [0.05, 0.1) is 23.4 Å². The van der Waals surface area contributed by atoms with Gasteiger partial charge < -0.3 is 20.8 Å². The van der Waals surface area contributed by atoms with Gasteiger partial charge in [-0.2, -0.15) is 0 Å². The Bertz CT molecular complexity index is 1300. The first-order valence-electron chi connectivity index (χ1n) is 11.9. The summed E-state index contributed by atoms with van der Waals surface area (Å²) in [6, 6.07) is 5.93. The number of pyridine rings is 1. The molecule has 35 heavy (non-hydrogen) atoms. The molecule has 1 saturated heterocycles. The van der Waals surface area contributed by atoms with Crippen LogP contribution in [0.2, 0.25) is 0 Å². The number of rotatable bonds is 10. The Kier molecular flexibility index (Phi) is 7.85. The lowest BCUT2D eigenvalue weighted by atomic mass is 9.88. The van der Waals surface area contributed by atoms with Crippen molar-refractivity contribution in [2.75, 3.05) is 39.1 Å². The Morgan fingerprint density at radius 2 is 2.00 bits per heavy atom. The average molecular weight is 500 g/mol. The second-order valence-electron chi connectivity index (χ2n) is 8.88. The first-order chi connectivity index (χ1) is 16.8. The van der Waals surface area contributed by atoms with E-state index in [9.17, 15) is 13.2 Å². The van der Waals surface area contributed by atoms with Crippen LogP contribution in [0.25, 0.3) is 22.0 Å². The number of nitrogens with one attached hydrogen (secondary N) is 2. The lowest BCUT2D eigenvalue weighted by Crippen LogP contribution is -2.38. The number of hydrogen-bond acceptors (Lipinski definition) is 6. The zero-order chi connectivity index (χ0) is 25.0. The van der Waals surface area contributed by atoms with Gasteiger partial charge in [-0.25, -0.2) is 12.7 Å². The van der Waals surface area contributed by atoms with Gasteiger partial charge in [0.2, 0.25) is 10.0 Å². The molecule has 0 spiro atoms. The Morgan fingerprint density at radius 1 is 1.23 bits per heavy atom. The molecule has 1 fully saturated rings. The molecule has 1 aromatic carbocycles. The minimum Gasteiger partial charge on any atom is -0.383 e. The number of nitrogens with zero attached hydrogens (tertiary/aromatic N) is 2. The summed E-state index contributed by atoms with van der Waals surface area (Å²) < 4.78 is 31.2. The molecule has 1 aliphatic rings. The van der Waals surface area contributed by atoms with Crippen molar-refractivity contribution in [2.24, 2.45) is 5.73 Å². The molecule has 2 aromatic heterocycles. The lowest BCUT2D eigenvalue weighted by Gasteiger charge is -2.31. The van der Waals surface area contributed by atoms with Gasteiger partial charge in [0.25, 0.3) is 5.91 Å². The summed E-state index contributed by atoms with van der Waals surface area (Å²) in [6.07, 6.45) is 6.99. The Morgan fingerprint density at radius 3 is 2.69 bits per heavy atom. The number of amides is 1. The van der Waals surface area contributed by atoms with Crippen LogP contribution in [0.15, 0.2) is 36.8 Å². The molecule has 0 radical (unpaired) electrons. The van der Waals surface area contributed by atoms with Gasteiger partial charge in [-0.1, -0.05) is 0 Å². The highest BCUT2D eigenvalue weighted by Crippen LogP contribution is 2.37. The standard InChI is InChI=1S/C25H33N5O4S/c1-3-35(32,33)30-7-4-18(5-8-30)23-16-29-24-21(23)11-19(12-22(24)25(26)31)20-10-17(14-28-15-20)13-27-6-9-34-2/h10-12,14-16,18,27,29H,3-9,13H2,1-2H3,(H2,26,31). The maximum Gasteiger partial charge on any atom is 0.250 e. The van der Waals surface area contributed by atoms with Gasteiger partial charge in [0.1, 0.15) is 0 Å². The Labute approximate surface area is 206 Å². The molecule has 0 saturated carbocycles. The van der Waals surface area contributed by atoms with Crippen molar-refractivity contribution in [3.8, 4) is 11.1 Å². The van der Waals surface area contributed by atoms with E-state index in [1.165, 1.54) is 0 Å². The van der Waals surface area contributed by atoms with E-state index in [0.717, 1.165) is 47.0 Å². The van der Waals surface area contributed by atoms with Crippen LogP contribution in [-0.4, -0.2) is 67.7 Å². The predicted octanol–water partition coefficient (Wildman–Crippen LogP) is 2.59. The van der Waals surface area contributed by atoms with Crippen molar-refractivity contribution >= 4 is 26.8 Å². The van der Waals surface area contributed by atoms with Crippen molar-refractivity contribution < 1.29 is 17.9 Å². The molecule has 3 heterocycles. The van der Waals surface area contributed by atoms with Gasteiger partial charge in [-0.15, -0.1) is 0 Å². The summed E-state index contributed by atoms with van der Waals surface area (Å²) in [7, 11) is -1.52. The van der Waals surface area contributed by atoms with E-state index in [1.54, 1.807) is 30.6 Å². The third kappa shape index (κ3) is 5.56. The summed E-state index contributed by atoms with van der Waals surface area (Å²) in [4.78, 5) is 20.0. The largest absolute Gasteiger partial charge is 0.383 e. The van der Waals surface area contributed by atoms with E-state index in [0.29, 0.717) is 37.3 Å². The molecule has 0 atom stereocenters. The molecule has 0 unspecified atom stereocenters. The Hall–Kier alpha value is -2.79. The predicted molar refractivity (Wildman–Crippen MR) is 137 cm³/mol. The van der Waals surface area contributed by atoms with Crippen LogP contribution in [0.5, 0.6) is 0 Å². The fraction of sp³-hybridized carbons (Fsp3) is 0.440. The minimum atomic E-state index is -3.19. The molecular weight excluding hydrogens is 466 g/mol. The number of aromatic amines is 1. The number of carbonyl (C=O) groups is 1. The quantitative estimate of drug-likeness (QED) is 0.368. The highest BCUT2D eigenvalue weighted by atomic mass is 32.2. The molecule has 1 aliphatic heterocycles. The van der Waals surface area contributed by atoms with E-state index in [2.05, 4.69) is 27.4 Å². The first kappa shape index (κ1) is 25.3. The monoisotopic (exact) mass is 499 g/mol. The van der Waals surface area contributed by atoms with Crippen molar-refractivity contribution in [3.63, 3.8) is 0 Å². The number of primary amides is 1. The van der Waals surface area contributed by atoms with Crippen LogP contribution < -0.4 is 11.1 Å². The number of ether oxygens (including phenoxy) is 1. The van der Waals surface area contributed by atoms with Crippen molar-refractivity contribution in [1.29, 1.82) is 0 Å². The second kappa shape index (κ2) is 10.9. The number of sulfonamides is 1. The SMILES string of the molecule is CCS(=O)(=O)N1CCC(c2c[nH]c3c(C(N)=O)cc(-c4cncc(CNCCOC)c4)cc23)CC1. The number of benzene rings is 1. The molecule has 0 aliphatic carbocycles. The molecular formula is C25H33N5O4S. The van der Waals surface area contributed by atoms with Crippen molar-refractivity contribution in [2.45, 2.75) is 32.2 Å². The molecule has 9 nitrogen and oxygen atoms in total. The second-order valence-corrected chi connectivity index (χ2v) is 11.1. The highest BCUT2D eigenvalue weighted by Gasteiger charge is 2.29. The van der Waals surface area contributed by atoms with Crippen molar-refractivity contribution in [3.05, 3.63) is 53.5 Å². The summed E-state index contributed by atoms with van der Waals surface area (Å²) in [6.45, 7) is 4.70. The average Bonchev–Trinajstić information content (AvgIpc) is 3.30. The van der Waals surface area contributed by atoms with Crippen LogP contribution in [0, 0.1) is 0 Å². The van der Waals surface area contributed by atoms with Gasteiger partial charge in [0.15, 0.2) is 0 Å². The number of piperidine rings is 1. The van der Waals surface area contributed by atoms with Gasteiger partial charge in [0, 0.05) is 62.8 Å². The van der Waals surface area contributed by atoms with E-state index < -0.39 is 15.9 Å². The van der Waals surface area contributed by atoms with E-state index in [1.807, 2.05) is 12.4 Å². The number of H-pyrrole nitrogens is 1. The Balaban J connectivity index is 1.65. The fourth-order valence-corrected chi connectivity index (χ4v) is 5.86. The summed E-state index contributed by atoms with van der Waals surface area (Å²) in [5.74, 6) is -0.192. The number of methoxy groups -OCH3 is 1. The summed E-state index contributed by atoms with van der Waals surface area (Å²) in [5.41, 5.74) is 10.8. The number of aromatic nitrogens is 2. The maximum absolute atomic E-state index is 12.3. The van der Waals surface area contributed by atoms with Gasteiger partial charge >= 0.3 is 0 Å². The zero-order valence-corrected chi connectivity index (χ0v) is 21.0. The number of carbonyl (C=O) groups excluding carboxylic acids is 1. The lowest BCUT2D eigenvalue weighted by molar-refractivity contribution is 0.100. The van der Waals surface area contributed by atoms with Crippen LogP contribution in [0.3, 0.4) is 0 Å². The highest BCUT2D eigenvalue weighted by molar-refractivity contribution is 7.89. The molecule has 188 valence electrons. The van der Waals surface area contributed by atoms with Crippen LogP contribution in [0.4, 0.5) is 0 Å². The molecule has 0 bridgehead atoms. The fourth-order valence-electron chi connectivity index (χ4n) is 4.73. The molecule has 4 N–H and O–H groups in total. The zero-order valence-electron chi connectivity index (χ0n) is 20.2. The molecule has 3 aromatic rings. The summed E-state index contributed by atoms with van der Waals surface area (Å²) >= 11 is 0. The number of fused-ring (bicyclic) bond motifs is 1.